The molecular formula is C10H9FS2. The zero-order valence-electron chi connectivity index (χ0n) is 7.21. The molecule has 0 unspecified atom stereocenters. The van der Waals surface area contributed by atoms with E-state index in [4.69, 9.17) is 0 Å². The van der Waals surface area contributed by atoms with Crippen LogP contribution in [0.5, 0.6) is 0 Å². The lowest BCUT2D eigenvalue weighted by molar-refractivity contribution is 0.642. The van der Waals surface area contributed by atoms with Crippen LogP contribution in [0.2, 0.25) is 0 Å². The first-order valence-electron chi connectivity index (χ1n) is 3.97. The summed E-state index contributed by atoms with van der Waals surface area (Å²) in [5.74, 6) is 0.869. The van der Waals surface area contributed by atoms with E-state index < -0.39 is 0 Å². The van der Waals surface area contributed by atoms with E-state index in [1.54, 1.807) is 29.2 Å². The Morgan fingerprint density at radius 2 is 2.31 bits per heavy atom. The van der Waals surface area contributed by atoms with E-state index in [0.717, 1.165) is 15.8 Å². The minimum Gasteiger partial charge on any atom is -0.205 e. The van der Waals surface area contributed by atoms with Gasteiger partial charge in [-0.05, 0) is 23.8 Å². The van der Waals surface area contributed by atoms with Crippen molar-refractivity contribution in [2.75, 3.05) is 6.26 Å². The highest BCUT2D eigenvalue weighted by atomic mass is 32.2. The highest BCUT2D eigenvalue weighted by Gasteiger charge is 2.04. The van der Waals surface area contributed by atoms with Crippen LogP contribution in [0.25, 0.3) is 10.1 Å². The normalized spacial score (nSPS) is 10.9. The van der Waals surface area contributed by atoms with E-state index in [-0.39, 0.29) is 5.82 Å². The molecule has 0 spiro atoms. The van der Waals surface area contributed by atoms with Crippen molar-refractivity contribution in [3.63, 3.8) is 0 Å². The Balaban J connectivity index is 2.55. The van der Waals surface area contributed by atoms with Crippen molar-refractivity contribution in [2.45, 2.75) is 5.75 Å². The predicted molar refractivity (Wildman–Crippen MR) is 59.0 cm³/mol. The zero-order chi connectivity index (χ0) is 9.26. The van der Waals surface area contributed by atoms with Crippen LogP contribution in [-0.2, 0) is 5.75 Å². The molecule has 1 aromatic heterocycles. The van der Waals surface area contributed by atoms with Crippen molar-refractivity contribution in [1.82, 2.24) is 0 Å². The third kappa shape index (κ3) is 1.71. The lowest BCUT2D eigenvalue weighted by Crippen LogP contribution is -1.69. The van der Waals surface area contributed by atoms with Crippen molar-refractivity contribution in [1.29, 1.82) is 0 Å². The molecule has 13 heavy (non-hydrogen) atoms. The van der Waals surface area contributed by atoms with Gasteiger partial charge >= 0.3 is 0 Å². The van der Waals surface area contributed by atoms with Gasteiger partial charge in [-0.15, -0.1) is 11.3 Å². The molecule has 0 fully saturated rings. The Morgan fingerprint density at radius 3 is 3.00 bits per heavy atom. The second-order valence-electron chi connectivity index (χ2n) is 2.80. The lowest BCUT2D eigenvalue weighted by Gasteiger charge is -1.88. The third-order valence-electron chi connectivity index (χ3n) is 1.83. The highest BCUT2D eigenvalue weighted by molar-refractivity contribution is 7.97. The van der Waals surface area contributed by atoms with Crippen molar-refractivity contribution in [3.8, 4) is 0 Å². The summed E-state index contributed by atoms with van der Waals surface area (Å²) >= 11 is 3.32. The lowest BCUT2D eigenvalue weighted by atomic mass is 10.2. The van der Waals surface area contributed by atoms with Gasteiger partial charge in [0.05, 0.1) is 4.70 Å². The molecule has 0 bridgehead atoms. The van der Waals surface area contributed by atoms with Gasteiger partial charge in [0, 0.05) is 10.6 Å². The second kappa shape index (κ2) is 3.68. The molecule has 2 rings (SSSR count). The monoisotopic (exact) mass is 212 g/mol. The fourth-order valence-corrected chi connectivity index (χ4v) is 3.11. The quantitative estimate of drug-likeness (QED) is 0.727. The molecule has 0 N–H and O–H groups in total. The fraction of sp³-hybridized carbons (Fsp3) is 0.200. The van der Waals surface area contributed by atoms with Gasteiger partial charge in [0.25, 0.3) is 0 Å². The van der Waals surface area contributed by atoms with E-state index in [1.165, 1.54) is 10.9 Å². The number of halogens is 1. The van der Waals surface area contributed by atoms with Gasteiger partial charge in [-0.1, -0.05) is 12.1 Å². The largest absolute Gasteiger partial charge is 0.205 e. The van der Waals surface area contributed by atoms with Crippen LogP contribution in [0.3, 0.4) is 0 Å². The fourth-order valence-electron chi connectivity index (χ4n) is 1.29. The first-order chi connectivity index (χ1) is 6.31. The Kier molecular flexibility index (Phi) is 2.56. The summed E-state index contributed by atoms with van der Waals surface area (Å²) < 4.78 is 14.0. The maximum Gasteiger partial charge on any atom is 0.140 e. The van der Waals surface area contributed by atoms with Gasteiger partial charge in [-0.3, -0.25) is 0 Å². The standard InChI is InChI=1S/C10H9FS2/c1-12-6-8-5-7-3-2-4-9(11)10(7)13-8/h2-5H,6H2,1H3. The number of hydrogen-bond donors (Lipinski definition) is 0. The minimum atomic E-state index is -0.102. The third-order valence-corrected chi connectivity index (χ3v) is 3.78. The Hall–Kier alpha value is -0.540. The summed E-state index contributed by atoms with van der Waals surface area (Å²) in [7, 11) is 0. The summed E-state index contributed by atoms with van der Waals surface area (Å²) in [6, 6.07) is 7.30. The van der Waals surface area contributed by atoms with Gasteiger partial charge in [-0.25, -0.2) is 4.39 Å². The molecule has 0 radical (unpaired) electrons. The van der Waals surface area contributed by atoms with Gasteiger partial charge in [0.2, 0.25) is 0 Å². The first kappa shape index (κ1) is 9.03. The van der Waals surface area contributed by atoms with Gasteiger partial charge in [0.1, 0.15) is 5.82 Å². The number of fused-ring (bicyclic) bond motifs is 1. The molecule has 0 nitrogen and oxygen atoms in total. The molecule has 0 atom stereocenters. The molecule has 2 aromatic rings. The number of hydrogen-bond acceptors (Lipinski definition) is 2. The average molecular weight is 212 g/mol. The number of thioether (sulfide) groups is 1. The maximum atomic E-state index is 13.2. The molecule has 0 aliphatic carbocycles. The summed E-state index contributed by atoms with van der Waals surface area (Å²) in [6.07, 6.45) is 2.06. The molecule has 0 saturated heterocycles. The van der Waals surface area contributed by atoms with Crippen LogP contribution in [0.4, 0.5) is 4.39 Å². The SMILES string of the molecule is CSCc1cc2cccc(F)c2s1. The van der Waals surface area contributed by atoms with E-state index in [1.807, 2.05) is 6.07 Å². The Bertz CT molecular complexity index is 420. The molecule has 68 valence electrons. The number of rotatable bonds is 2. The molecule has 1 aromatic carbocycles. The molecule has 0 aliphatic rings. The second-order valence-corrected chi connectivity index (χ2v) is 4.81. The Labute approximate surface area is 84.8 Å². The summed E-state index contributed by atoms with van der Waals surface area (Å²) in [5.41, 5.74) is 0. The van der Waals surface area contributed by atoms with Crippen LogP contribution in [0.15, 0.2) is 24.3 Å². The van der Waals surface area contributed by atoms with Crippen LogP contribution in [-0.4, -0.2) is 6.26 Å². The van der Waals surface area contributed by atoms with E-state index in [9.17, 15) is 4.39 Å². The van der Waals surface area contributed by atoms with E-state index >= 15 is 0 Å². The van der Waals surface area contributed by atoms with Crippen LogP contribution < -0.4 is 0 Å². The van der Waals surface area contributed by atoms with Crippen LogP contribution in [0.1, 0.15) is 4.88 Å². The molecule has 0 aliphatic heterocycles. The zero-order valence-corrected chi connectivity index (χ0v) is 8.84. The summed E-state index contributed by atoms with van der Waals surface area (Å²) in [5, 5.41) is 1.02. The van der Waals surface area contributed by atoms with Gasteiger partial charge in [0.15, 0.2) is 0 Å². The van der Waals surface area contributed by atoms with Crippen molar-refractivity contribution in [2.24, 2.45) is 0 Å². The molecule has 0 amide bonds. The smallest absolute Gasteiger partial charge is 0.140 e. The maximum absolute atomic E-state index is 13.2. The molecule has 3 heteroatoms. The number of thiophene rings is 1. The summed E-state index contributed by atoms with van der Waals surface area (Å²) in [6.45, 7) is 0. The first-order valence-corrected chi connectivity index (χ1v) is 6.18. The molecule has 1 heterocycles. The van der Waals surface area contributed by atoms with Crippen molar-refractivity contribution < 1.29 is 4.39 Å². The van der Waals surface area contributed by atoms with Crippen LogP contribution >= 0.6 is 23.1 Å². The van der Waals surface area contributed by atoms with Crippen molar-refractivity contribution in [3.05, 3.63) is 35.0 Å². The van der Waals surface area contributed by atoms with Gasteiger partial charge in [-0.2, -0.15) is 11.8 Å². The minimum absolute atomic E-state index is 0.102. The number of benzene rings is 1. The van der Waals surface area contributed by atoms with Crippen molar-refractivity contribution >= 4 is 33.2 Å². The molecular weight excluding hydrogens is 203 g/mol. The Morgan fingerprint density at radius 1 is 1.46 bits per heavy atom. The topological polar surface area (TPSA) is 0 Å². The summed E-state index contributed by atoms with van der Waals surface area (Å²) in [4.78, 5) is 1.24. The van der Waals surface area contributed by atoms with E-state index in [0.29, 0.717) is 0 Å². The predicted octanol–water partition coefficient (Wildman–Crippen LogP) is 3.90. The highest BCUT2D eigenvalue weighted by Crippen LogP contribution is 2.29. The van der Waals surface area contributed by atoms with E-state index in [2.05, 4.69) is 12.3 Å². The van der Waals surface area contributed by atoms with Crippen LogP contribution in [0, 0.1) is 5.82 Å². The molecule has 0 saturated carbocycles. The van der Waals surface area contributed by atoms with Gasteiger partial charge < -0.3 is 0 Å². The average Bonchev–Trinajstić information content (AvgIpc) is 2.49.